The zero-order valence-electron chi connectivity index (χ0n) is 43.1. The Morgan fingerprint density at radius 1 is 0.338 bits per heavy atom. The van der Waals surface area contributed by atoms with E-state index < -0.39 is 0 Å². The van der Waals surface area contributed by atoms with Gasteiger partial charge in [0.05, 0.1) is 0 Å². The molecule has 4 aromatic carbocycles. The van der Waals surface area contributed by atoms with Crippen molar-refractivity contribution >= 4 is 109 Å². The van der Waals surface area contributed by atoms with Crippen molar-refractivity contribution < 1.29 is 0 Å². The van der Waals surface area contributed by atoms with Gasteiger partial charge < -0.3 is 0 Å². The van der Waals surface area contributed by atoms with Crippen molar-refractivity contribution in [3.63, 3.8) is 0 Å². The van der Waals surface area contributed by atoms with Crippen molar-refractivity contribution in [2.75, 3.05) is 0 Å². The summed E-state index contributed by atoms with van der Waals surface area (Å²) in [7, 11) is 0. The summed E-state index contributed by atoms with van der Waals surface area (Å²) in [6, 6.07) is 42.4. The molecule has 12 aromatic rings. The van der Waals surface area contributed by atoms with Crippen molar-refractivity contribution in [2.45, 2.75) is 92.9 Å². The van der Waals surface area contributed by atoms with E-state index in [1.165, 1.54) is 166 Å². The highest BCUT2D eigenvalue weighted by molar-refractivity contribution is 7.32. The first-order chi connectivity index (χ1) is 35.5. The van der Waals surface area contributed by atoms with Gasteiger partial charge in [-0.15, -0.1) is 90.7 Å². The molecule has 8 heterocycles. The van der Waals surface area contributed by atoms with Gasteiger partial charge in [-0.25, -0.2) is 0 Å². The molecule has 0 spiro atoms. The van der Waals surface area contributed by atoms with Gasteiger partial charge in [0.1, 0.15) is 0 Å². The van der Waals surface area contributed by atoms with Gasteiger partial charge in [0.15, 0.2) is 0 Å². The average Bonchev–Trinajstić information content (AvgIpc) is 4.18. The molecule has 16 rings (SSSR count). The molecule has 0 N–H and O–H groups in total. The van der Waals surface area contributed by atoms with Gasteiger partial charge in [-0.1, -0.05) is 87.4 Å². The number of hydrogen-bond acceptors (Lipinski definition) is 8. The lowest BCUT2D eigenvalue weighted by Crippen LogP contribution is -2.20. The van der Waals surface area contributed by atoms with Crippen molar-refractivity contribution in [2.24, 2.45) is 0 Å². The molecule has 0 atom stereocenters. The summed E-state index contributed by atoms with van der Waals surface area (Å²) in [6.45, 7) is 23.3. The average molecular weight is 1100 g/mol. The molecule has 8 heteroatoms. The number of thiophene rings is 8. The predicted octanol–water partition coefficient (Wildman–Crippen LogP) is 22.4. The fourth-order valence-corrected chi connectivity index (χ4v) is 23.1. The summed E-state index contributed by atoms with van der Waals surface area (Å²) in [5.41, 5.74) is 26.3. The Morgan fingerprint density at radius 2 is 0.703 bits per heavy atom. The first-order valence-electron chi connectivity index (χ1n) is 25.6. The lowest BCUT2D eigenvalue weighted by atomic mass is 9.74. The highest BCUT2D eigenvalue weighted by Gasteiger charge is 2.47. The number of benzene rings is 4. The lowest BCUT2D eigenvalue weighted by molar-refractivity contribution is 0.646. The lowest BCUT2D eigenvalue weighted by Gasteiger charge is -2.29. The predicted molar refractivity (Wildman–Crippen MR) is 333 cm³/mol. The van der Waals surface area contributed by atoms with E-state index in [2.05, 4.69) is 178 Å². The van der Waals surface area contributed by atoms with Gasteiger partial charge in [0.2, 0.25) is 0 Å². The van der Waals surface area contributed by atoms with Crippen molar-refractivity contribution in [1.82, 2.24) is 0 Å². The van der Waals surface area contributed by atoms with Crippen LogP contribution in [-0.4, -0.2) is 0 Å². The van der Waals surface area contributed by atoms with Crippen LogP contribution in [0.1, 0.15) is 104 Å². The van der Waals surface area contributed by atoms with Crippen LogP contribution in [-0.2, 0) is 23.7 Å². The molecular formula is C66H52S8. The monoisotopic (exact) mass is 1100 g/mol. The molecule has 0 unspecified atom stereocenters. The van der Waals surface area contributed by atoms with Crippen LogP contribution in [0.25, 0.3) is 101 Å². The highest BCUT2D eigenvalue weighted by Crippen LogP contribution is 2.64. The number of aryl methyl sites for hydroxylation is 4. The topological polar surface area (TPSA) is 0 Å². The van der Waals surface area contributed by atoms with Crippen molar-refractivity contribution in [3.05, 3.63) is 186 Å². The van der Waals surface area contributed by atoms with Crippen LogP contribution in [0.15, 0.2) is 109 Å². The van der Waals surface area contributed by atoms with E-state index in [9.17, 15) is 0 Å². The first-order valence-corrected chi connectivity index (χ1v) is 32.1. The molecule has 0 bridgehead atoms. The Balaban J connectivity index is 0.000000131. The summed E-state index contributed by atoms with van der Waals surface area (Å²) in [5, 5.41) is 0. The van der Waals surface area contributed by atoms with Gasteiger partial charge in [0.25, 0.3) is 0 Å². The fourth-order valence-electron chi connectivity index (χ4n) is 13.0. The van der Waals surface area contributed by atoms with Gasteiger partial charge in [-0.3, -0.25) is 0 Å². The van der Waals surface area contributed by atoms with Crippen LogP contribution >= 0.6 is 90.7 Å². The smallest absolute Gasteiger partial charge is 0.0463 e. The van der Waals surface area contributed by atoms with E-state index in [-0.39, 0.29) is 10.8 Å². The summed E-state index contributed by atoms with van der Waals surface area (Å²) < 4.78 is 5.73. The maximum Gasteiger partial charge on any atom is 0.0463 e. The molecule has 8 aromatic heterocycles. The maximum atomic E-state index is 2.52. The second kappa shape index (κ2) is 16.3. The molecule has 4 aliphatic rings. The summed E-state index contributed by atoms with van der Waals surface area (Å²) in [5.74, 6) is 0. The normalized spacial score (nSPS) is 14.7. The molecule has 0 aliphatic heterocycles. The van der Waals surface area contributed by atoms with E-state index in [4.69, 9.17) is 0 Å². The minimum atomic E-state index is -0.0159. The Hall–Kier alpha value is -5.00. The van der Waals surface area contributed by atoms with Crippen LogP contribution in [0.5, 0.6) is 0 Å². The van der Waals surface area contributed by atoms with E-state index in [0.29, 0.717) is 0 Å². The molecule has 0 saturated heterocycles. The van der Waals surface area contributed by atoms with Gasteiger partial charge >= 0.3 is 0 Å². The number of hydrogen-bond donors (Lipinski definition) is 0. The van der Waals surface area contributed by atoms with Crippen molar-refractivity contribution in [1.29, 1.82) is 0 Å². The minimum absolute atomic E-state index is 0.0159. The van der Waals surface area contributed by atoms with E-state index in [0.717, 1.165) is 12.8 Å². The summed E-state index contributed by atoms with van der Waals surface area (Å²) in [4.78, 5) is 17.3. The molecule has 4 aliphatic carbocycles. The number of fused-ring (bicyclic) bond motifs is 14. The van der Waals surface area contributed by atoms with Crippen LogP contribution < -0.4 is 0 Å². The van der Waals surface area contributed by atoms with Gasteiger partial charge in [-0.2, -0.15) is 0 Å². The Bertz CT molecular complexity index is 4010. The molecule has 0 amide bonds. The first kappa shape index (κ1) is 46.3. The van der Waals surface area contributed by atoms with Crippen LogP contribution in [0.2, 0.25) is 0 Å². The zero-order valence-corrected chi connectivity index (χ0v) is 49.6. The molecule has 74 heavy (non-hydrogen) atoms. The third-order valence-corrected chi connectivity index (χ3v) is 26.2. The van der Waals surface area contributed by atoms with E-state index in [1.807, 2.05) is 90.7 Å². The minimum Gasteiger partial charge on any atom is -0.140 e. The van der Waals surface area contributed by atoms with Gasteiger partial charge in [0, 0.05) is 88.2 Å². The Morgan fingerprint density at radius 3 is 1.09 bits per heavy atom. The second-order valence-electron chi connectivity index (χ2n) is 22.3. The largest absolute Gasteiger partial charge is 0.140 e. The molecular weight excluding hydrogens is 1050 g/mol. The molecule has 0 radical (unpaired) electrons. The van der Waals surface area contributed by atoms with Crippen LogP contribution in [0, 0.1) is 41.5 Å². The fraction of sp³-hybridized carbons (Fsp3) is 0.212. The third kappa shape index (κ3) is 6.81. The van der Waals surface area contributed by atoms with Crippen LogP contribution in [0.3, 0.4) is 0 Å². The summed E-state index contributed by atoms with van der Waals surface area (Å²) in [6.07, 6.45) is 2.14. The van der Waals surface area contributed by atoms with E-state index >= 15 is 0 Å². The third-order valence-electron chi connectivity index (χ3n) is 16.5. The molecule has 0 nitrogen and oxygen atoms in total. The quantitative estimate of drug-likeness (QED) is 0.165. The highest BCUT2D eigenvalue weighted by atomic mass is 32.1. The Labute approximate surface area is 466 Å². The second-order valence-corrected chi connectivity index (χ2v) is 31.2. The standard InChI is InChI=1S/C36H34S2.C30H18S6/c1-19-9-13-23(14-10-19)27-17-25-33(37-27)29-21(3)32-30(22(4)31(29)35(25,5)6)34-26(36(32,7)8)18-28(38-34)24-15-11-20(2)12-16-24;1-13-3-21-25(31-13)11-27(33-21)23-9-17-5-15-8-20-16(7-19(15)29(17)35-23)6-18-10-24(36-30(18)20)28-12-26-22(34-28)4-14(2)32-26/h9-18H,1-8H3;3-4,7-12H,5-6H2,1-2H3. The SMILES string of the molecule is Cc1cc2sc(-c3cc4c(s3)-c3cc5c(cc3C4)-c3sc(-c4cc6sc(C)cc6s4)cc3C5)cc2s1.Cc1ccc(-c2cc3c(s2)-c2c(C)c4c(c(C)c2C3(C)C)-c2sc(-c3ccc(C)cc3)cc2C4(C)C)cc1. The molecule has 364 valence electrons. The maximum absolute atomic E-state index is 2.52. The number of rotatable bonds is 4. The van der Waals surface area contributed by atoms with Gasteiger partial charge in [-0.05, 0) is 204 Å². The molecule has 0 fully saturated rings. The summed E-state index contributed by atoms with van der Waals surface area (Å²) >= 11 is 15.7. The van der Waals surface area contributed by atoms with Crippen molar-refractivity contribution in [3.8, 4) is 82.2 Å². The van der Waals surface area contributed by atoms with Crippen LogP contribution in [0.4, 0.5) is 0 Å². The Kier molecular flexibility index (Phi) is 10.2. The zero-order chi connectivity index (χ0) is 50.4. The molecule has 0 saturated carbocycles. The van der Waals surface area contributed by atoms with E-state index in [1.54, 1.807) is 11.1 Å².